The molecule has 3 fully saturated rings. The molecule has 2 amide bonds. The first-order valence-electron chi connectivity index (χ1n) is 14.7. The Morgan fingerprint density at radius 2 is 1.98 bits per heavy atom. The van der Waals surface area contributed by atoms with Crippen LogP contribution in [-0.2, 0) is 20.8 Å². The minimum Gasteiger partial charge on any atom is -0.487 e. The van der Waals surface area contributed by atoms with Gasteiger partial charge in [-0.3, -0.25) is 14.4 Å². The number of nitrogens with two attached hydrogens (primary N) is 2. The second-order valence-electron chi connectivity index (χ2n) is 12.6. The Labute approximate surface area is 246 Å². The molecule has 0 bridgehead atoms. The van der Waals surface area contributed by atoms with Gasteiger partial charge in [-0.25, -0.2) is 5.84 Å². The first kappa shape index (κ1) is 29.5. The summed E-state index contributed by atoms with van der Waals surface area (Å²) in [6.07, 6.45) is 4.65. The lowest BCUT2D eigenvalue weighted by molar-refractivity contribution is -0.165. The van der Waals surface area contributed by atoms with Crippen molar-refractivity contribution in [3.05, 3.63) is 39.7 Å². The quantitative estimate of drug-likeness (QED) is 0.309. The molecule has 4 atom stereocenters. The molecule has 1 aromatic carbocycles. The maximum atomic E-state index is 14.4. The molecule has 1 aromatic rings. The third kappa shape index (κ3) is 5.48. The number of benzene rings is 1. The van der Waals surface area contributed by atoms with Crippen molar-refractivity contribution >= 4 is 29.4 Å². The first-order chi connectivity index (χ1) is 19.4. The number of nitrogens with zero attached hydrogens (tertiary/aromatic N) is 3. The Hall–Kier alpha value is -2.98. The summed E-state index contributed by atoms with van der Waals surface area (Å²) >= 11 is 6.72. The van der Waals surface area contributed by atoms with Crippen LogP contribution in [0.4, 0.5) is 0 Å². The summed E-state index contributed by atoms with van der Waals surface area (Å²) in [5.41, 5.74) is 8.20. The van der Waals surface area contributed by atoms with Crippen LogP contribution >= 0.6 is 11.6 Å². The number of aliphatic carboxylic acids is 1. The van der Waals surface area contributed by atoms with Crippen molar-refractivity contribution in [1.82, 2.24) is 14.8 Å². The van der Waals surface area contributed by atoms with E-state index in [-0.39, 0.29) is 24.3 Å². The van der Waals surface area contributed by atoms with E-state index in [0.717, 1.165) is 36.9 Å². The topological polar surface area (TPSA) is 142 Å². The second-order valence-corrected chi connectivity index (χ2v) is 13.0. The number of hydrazine groups is 1. The van der Waals surface area contributed by atoms with Crippen LogP contribution in [0.1, 0.15) is 76.1 Å². The lowest BCUT2D eigenvalue weighted by atomic mass is 9.66. The number of carboxylic acid groups (broad SMARTS) is 1. The highest BCUT2D eigenvalue weighted by molar-refractivity contribution is 6.31. The van der Waals surface area contributed by atoms with E-state index in [1.54, 1.807) is 40.9 Å². The molecule has 224 valence electrons. The standard InChI is InChI=1S/C30H42ClN5O5/c1-17-14-24(37)36(15-17)27-25-19(11-13-35(27)28(38)20-6-4-5-12-30(20,2)29(39)40)21(31)9-10-23(25)41-16-22(32)26(34(3)33)18-7-8-18/h9-10,17-18,20,27H,4-8,11-16,32-33H2,1-3H3,(H,39,40)/b26-22-/t17-,20+,27?,30+/m1/s1. The molecule has 10 nitrogen and oxygen atoms in total. The van der Waals surface area contributed by atoms with Gasteiger partial charge in [0.05, 0.1) is 22.7 Å². The van der Waals surface area contributed by atoms with Crippen LogP contribution in [0.25, 0.3) is 0 Å². The zero-order chi connectivity index (χ0) is 29.6. The van der Waals surface area contributed by atoms with E-state index < -0.39 is 23.5 Å². The van der Waals surface area contributed by atoms with E-state index in [2.05, 4.69) is 0 Å². The van der Waals surface area contributed by atoms with Crippen molar-refractivity contribution in [2.45, 2.75) is 71.4 Å². The van der Waals surface area contributed by atoms with Gasteiger partial charge in [0.1, 0.15) is 18.5 Å². The van der Waals surface area contributed by atoms with E-state index in [0.29, 0.717) is 66.7 Å². The lowest BCUT2D eigenvalue weighted by Gasteiger charge is -2.47. The molecular weight excluding hydrogens is 546 g/mol. The molecule has 0 aromatic heterocycles. The summed E-state index contributed by atoms with van der Waals surface area (Å²) < 4.78 is 6.34. The second kappa shape index (κ2) is 11.4. The summed E-state index contributed by atoms with van der Waals surface area (Å²) in [6, 6.07) is 3.54. The summed E-state index contributed by atoms with van der Waals surface area (Å²) in [6.45, 7) is 4.59. The van der Waals surface area contributed by atoms with Gasteiger partial charge in [-0.05, 0) is 62.6 Å². The molecule has 5 rings (SSSR count). The smallest absolute Gasteiger partial charge is 0.310 e. The highest BCUT2D eigenvalue weighted by Gasteiger charge is 2.51. The normalized spacial score (nSPS) is 28.7. The molecule has 41 heavy (non-hydrogen) atoms. The monoisotopic (exact) mass is 587 g/mol. The molecule has 0 spiro atoms. The van der Waals surface area contributed by atoms with Gasteiger partial charge in [0.25, 0.3) is 0 Å². The minimum atomic E-state index is -1.16. The molecule has 1 unspecified atom stereocenters. The Morgan fingerprint density at radius 1 is 1.24 bits per heavy atom. The van der Waals surface area contributed by atoms with Crippen molar-refractivity contribution in [1.29, 1.82) is 0 Å². The third-order valence-electron chi connectivity index (χ3n) is 9.40. The van der Waals surface area contributed by atoms with Crippen LogP contribution in [0, 0.1) is 23.2 Å². The van der Waals surface area contributed by atoms with Gasteiger partial charge in [0.15, 0.2) is 0 Å². The van der Waals surface area contributed by atoms with Crippen LogP contribution in [0.15, 0.2) is 23.5 Å². The number of carbonyl (C=O) groups excluding carboxylic acids is 2. The molecule has 11 heteroatoms. The summed E-state index contributed by atoms with van der Waals surface area (Å²) in [4.78, 5) is 43.6. The number of ether oxygens (including phenoxy) is 1. The Balaban J connectivity index is 1.56. The molecule has 0 radical (unpaired) electrons. The highest BCUT2D eigenvalue weighted by Crippen LogP contribution is 2.48. The zero-order valence-electron chi connectivity index (χ0n) is 24.2. The largest absolute Gasteiger partial charge is 0.487 e. The lowest BCUT2D eigenvalue weighted by Crippen LogP contribution is -2.54. The van der Waals surface area contributed by atoms with Crippen LogP contribution in [-0.4, -0.2) is 64.4 Å². The maximum Gasteiger partial charge on any atom is 0.310 e. The van der Waals surface area contributed by atoms with Gasteiger partial charge in [0.2, 0.25) is 11.8 Å². The number of allylic oxidation sites excluding steroid dienone is 1. The molecule has 2 aliphatic heterocycles. The number of likely N-dealkylation sites (tertiary alicyclic amines) is 1. The molecule has 2 aliphatic carbocycles. The van der Waals surface area contributed by atoms with Crippen molar-refractivity contribution < 1.29 is 24.2 Å². The number of hydrogen-bond donors (Lipinski definition) is 3. The van der Waals surface area contributed by atoms with Gasteiger partial charge >= 0.3 is 5.97 Å². The molecular formula is C30H42ClN5O5. The highest BCUT2D eigenvalue weighted by atomic mass is 35.5. The number of carbonyl (C=O) groups is 3. The molecule has 1 saturated heterocycles. The van der Waals surface area contributed by atoms with Gasteiger partial charge < -0.3 is 30.4 Å². The van der Waals surface area contributed by atoms with Gasteiger partial charge in [-0.2, -0.15) is 0 Å². The van der Waals surface area contributed by atoms with E-state index in [9.17, 15) is 19.5 Å². The Morgan fingerprint density at radius 3 is 2.59 bits per heavy atom. The number of hydrogen-bond acceptors (Lipinski definition) is 7. The molecule has 2 saturated carbocycles. The fraction of sp³-hybridized carbons (Fsp3) is 0.633. The fourth-order valence-electron chi connectivity index (χ4n) is 7.05. The van der Waals surface area contributed by atoms with Crippen LogP contribution in [0.5, 0.6) is 5.75 Å². The van der Waals surface area contributed by atoms with Gasteiger partial charge in [-0.15, -0.1) is 0 Å². The average Bonchev–Trinajstić information content (AvgIpc) is 3.69. The fourth-order valence-corrected chi connectivity index (χ4v) is 7.31. The first-order valence-corrected chi connectivity index (χ1v) is 15.1. The summed E-state index contributed by atoms with van der Waals surface area (Å²) in [5.74, 6) is 5.08. The number of halogens is 1. The number of fused-ring (bicyclic) bond motifs is 1. The average molecular weight is 588 g/mol. The third-order valence-corrected chi connectivity index (χ3v) is 9.75. The Bertz CT molecular complexity index is 1260. The van der Waals surface area contributed by atoms with Crippen LogP contribution in [0.2, 0.25) is 5.02 Å². The van der Waals surface area contributed by atoms with Crippen molar-refractivity contribution in [2.75, 3.05) is 26.7 Å². The number of carboxylic acids is 1. The van der Waals surface area contributed by atoms with Gasteiger partial charge in [0, 0.05) is 43.1 Å². The van der Waals surface area contributed by atoms with E-state index in [4.69, 9.17) is 27.9 Å². The van der Waals surface area contributed by atoms with Crippen molar-refractivity contribution in [3.8, 4) is 5.75 Å². The SMILES string of the molecule is C[C@@H]1CC(=O)N(C2c3c(OC/C(N)=C(\C4CC4)N(C)N)ccc(Cl)c3CCN2C(=O)[C@@H]2CCCC[C@]2(C)C(=O)O)C1. The summed E-state index contributed by atoms with van der Waals surface area (Å²) in [5, 5.41) is 12.2. The van der Waals surface area contributed by atoms with E-state index in [1.807, 2.05) is 6.92 Å². The Kier molecular flexibility index (Phi) is 8.18. The van der Waals surface area contributed by atoms with Crippen LogP contribution < -0.4 is 16.3 Å². The van der Waals surface area contributed by atoms with Crippen LogP contribution in [0.3, 0.4) is 0 Å². The number of amides is 2. The van der Waals surface area contributed by atoms with E-state index >= 15 is 0 Å². The number of rotatable bonds is 8. The minimum absolute atomic E-state index is 0.0519. The van der Waals surface area contributed by atoms with Crippen molar-refractivity contribution in [3.63, 3.8) is 0 Å². The van der Waals surface area contributed by atoms with Crippen molar-refractivity contribution in [2.24, 2.45) is 34.7 Å². The predicted octanol–water partition coefficient (Wildman–Crippen LogP) is 3.64. The van der Waals surface area contributed by atoms with E-state index in [1.165, 1.54) is 0 Å². The predicted molar refractivity (Wildman–Crippen MR) is 154 cm³/mol. The summed E-state index contributed by atoms with van der Waals surface area (Å²) in [7, 11) is 1.76. The molecule has 4 aliphatic rings. The maximum absolute atomic E-state index is 14.4. The van der Waals surface area contributed by atoms with Gasteiger partial charge in [-0.1, -0.05) is 31.4 Å². The molecule has 2 heterocycles. The zero-order valence-corrected chi connectivity index (χ0v) is 25.0. The molecule has 5 N–H and O–H groups in total.